The van der Waals surface area contributed by atoms with E-state index in [-0.39, 0.29) is 27.8 Å². The van der Waals surface area contributed by atoms with Gasteiger partial charge >= 0.3 is 0 Å². The molecule has 9 heteroatoms. The molecule has 1 aromatic rings. The molecule has 4 rings (SSSR count). The monoisotopic (exact) mass is 454 g/mol. The van der Waals surface area contributed by atoms with Crippen molar-refractivity contribution >= 4 is 31.5 Å². The first kappa shape index (κ1) is 21.8. The molecule has 0 spiro atoms. The van der Waals surface area contributed by atoms with Crippen molar-refractivity contribution in [2.24, 2.45) is 16.7 Å². The van der Waals surface area contributed by atoms with Gasteiger partial charge in [0.1, 0.15) is 5.78 Å². The highest BCUT2D eigenvalue weighted by Crippen LogP contribution is 2.64. The van der Waals surface area contributed by atoms with Gasteiger partial charge in [0.25, 0.3) is 0 Å². The molecule has 0 aromatic heterocycles. The molecule has 2 bridgehead atoms. The van der Waals surface area contributed by atoms with Crippen LogP contribution in [0.2, 0.25) is 0 Å². The quantitative estimate of drug-likeness (QED) is 0.712. The van der Waals surface area contributed by atoms with Crippen LogP contribution in [0.25, 0.3) is 0 Å². The Morgan fingerprint density at radius 2 is 1.67 bits per heavy atom. The lowest BCUT2D eigenvalue weighted by molar-refractivity contribution is -0.128. The third-order valence-electron chi connectivity index (χ3n) is 7.66. The van der Waals surface area contributed by atoms with Crippen molar-refractivity contribution in [1.29, 1.82) is 0 Å². The van der Waals surface area contributed by atoms with Crippen LogP contribution in [0.15, 0.2) is 29.2 Å². The number of benzene rings is 1. The maximum absolute atomic E-state index is 12.9. The van der Waals surface area contributed by atoms with E-state index in [1.54, 1.807) is 0 Å². The summed E-state index contributed by atoms with van der Waals surface area (Å²) in [4.78, 5) is 12.8. The van der Waals surface area contributed by atoms with Crippen molar-refractivity contribution in [2.75, 3.05) is 23.6 Å². The number of hydrogen-bond acceptors (Lipinski definition) is 5. The smallest absolute Gasteiger partial charge is 0.243 e. The van der Waals surface area contributed by atoms with Crippen LogP contribution in [0.4, 0.5) is 5.69 Å². The molecule has 166 valence electrons. The lowest BCUT2D eigenvalue weighted by atomic mass is 9.70. The molecular weight excluding hydrogens is 424 g/mol. The molecule has 2 atom stereocenters. The molecule has 1 aromatic carbocycles. The van der Waals surface area contributed by atoms with Gasteiger partial charge in [0.2, 0.25) is 20.0 Å². The summed E-state index contributed by atoms with van der Waals surface area (Å²) in [7, 11) is -7.33. The van der Waals surface area contributed by atoms with Crippen LogP contribution in [-0.2, 0) is 24.8 Å². The van der Waals surface area contributed by atoms with Gasteiger partial charge in [-0.25, -0.2) is 16.8 Å². The molecule has 0 unspecified atom stereocenters. The second-order valence-electron chi connectivity index (χ2n) is 9.52. The largest absolute Gasteiger partial charge is 0.299 e. The number of rotatable bonds is 6. The standard InChI is InChI=1S/C21H30N2O5S2/c1-20(2)16-10-11-21(20,19(24)14-16)15-29(25,26)22-17-6-8-18(9-7-17)30(27,28)23-12-4-3-5-13-23/h6-9,16,22H,3-5,10-15H2,1-2H3/t16-,21+/m1/s1. The second-order valence-corrected chi connectivity index (χ2v) is 13.2. The van der Waals surface area contributed by atoms with Crippen LogP contribution < -0.4 is 4.72 Å². The summed E-state index contributed by atoms with van der Waals surface area (Å²) in [5.41, 5.74) is -0.853. The molecule has 1 N–H and O–H groups in total. The Kier molecular flexibility index (Phi) is 5.30. The molecule has 1 saturated heterocycles. The Balaban J connectivity index is 1.50. The minimum absolute atomic E-state index is 0.0529. The van der Waals surface area contributed by atoms with Crippen molar-refractivity contribution in [1.82, 2.24) is 4.31 Å². The Bertz CT molecular complexity index is 1040. The summed E-state index contributed by atoms with van der Waals surface area (Å²) in [6.45, 7) is 5.05. The molecule has 0 radical (unpaired) electrons. The molecule has 2 saturated carbocycles. The summed E-state index contributed by atoms with van der Waals surface area (Å²) < 4.78 is 55.4. The fourth-order valence-corrected chi connectivity index (χ4v) is 9.01. The van der Waals surface area contributed by atoms with E-state index >= 15 is 0 Å². The predicted octanol–water partition coefficient (Wildman–Crippen LogP) is 3.00. The summed E-state index contributed by atoms with van der Waals surface area (Å²) in [5, 5.41) is 0. The number of sulfonamides is 2. The van der Waals surface area contributed by atoms with Crippen molar-refractivity contribution in [2.45, 2.75) is 57.3 Å². The molecule has 30 heavy (non-hydrogen) atoms. The molecule has 2 aliphatic carbocycles. The van der Waals surface area contributed by atoms with Gasteiger partial charge in [0, 0.05) is 25.2 Å². The van der Waals surface area contributed by atoms with Gasteiger partial charge in [-0.2, -0.15) is 4.31 Å². The molecule has 0 amide bonds. The molecule has 7 nitrogen and oxygen atoms in total. The third-order valence-corrected chi connectivity index (χ3v) is 11.0. The summed E-state index contributed by atoms with van der Waals surface area (Å²) in [6, 6.07) is 5.84. The van der Waals surface area contributed by atoms with Crippen LogP contribution in [0, 0.1) is 16.7 Å². The molecule has 3 aliphatic rings. The van der Waals surface area contributed by atoms with Crippen LogP contribution >= 0.6 is 0 Å². The molecule has 1 heterocycles. The van der Waals surface area contributed by atoms with E-state index in [0.29, 0.717) is 31.6 Å². The third kappa shape index (κ3) is 3.48. The zero-order valence-corrected chi connectivity index (χ0v) is 19.2. The number of fused-ring (bicyclic) bond motifs is 2. The first-order valence-electron chi connectivity index (χ1n) is 10.6. The predicted molar refractivity (Wildman–Crippen MR) is 115 cm³/mol. The zero-order chi connectivity index (χ0) is 21.8. The summed E-state index contributed by atoms with van der Waals surface area (Å²) >= 11 is 0. The fraction of sp³-hybridized carbons (Fsp3) is 0.667. The van der Waals surface area contributed by atoms with Gasteiger partial charge < -0.3 is 0 Å². The van der Waals surface area contributed by atoms with Gasteiger partial charge in [0.15, 0.2) is 0 Å². The lowest BCUT2D eigenvalue weighted by Crippen LogP contribution is -2.43. The minimum atomic E-state index is -3.77. The highest BCUT2D eigenvalue weighted by Gasteiger charge is 2.65. The number of anilines is 1. The highest BCUT2D eigenvalue weighted by molar-refractivity contribution is 7.92. The Morgan fingerprint density at radius 3 is 2.20 bits per heavy atom. The highest BCUT2D eigenvalue weighted by atomic mass is 32.2. The van der Waals surface area contributed by atoms with Crippen LogP contribution in [0.5, 0.6) is 0 Å². The maximum atomic E-state index is 12.9. The molecule has 1 aliphatic heterocycles. The van der Waals surface area contributed by atoms with E-state index in [2.05, 4.69) is 4.72 Å². The number of carbonyl (C=O) groups excluding carboxylic acids is 1. The van der Waals surface area contributed by atoms with Crippen molar-refractivity contribution in [3.8, 4) is 0 Å². The Hall–Kier alpha value is -1.45. The van der Waals surface area contributed by atoms with Crippen molar-refractivity contribution < 1.29 is 21.6 Å². The van der Waals surface area contributed by atoms with Crippen LogP contribution in [0.3, 0.4) is 0 Å². The summed E-state index contributed by atoms with van der Waals surface area (Å²) in [5.74, 6) is 0.0764. The van der Waals surface area contributed by atoms with E-state index in [4.69, 9.17) is 0 Å². The number of Topliss-reactive ketones (excluding diaryl/α,β-unsaturated/α-hetero) is 1. The molecular formula is C21H30N2O5S2. The average Bonchev–Trinajstić information content (AvgIpc) is 3.02. The van der Waals surface area contributed by atoms with Gasteiger partial charge in [-0.05, 0) is 61.3 Å². The zero-order valence-electron chi connectivity index (χ0n) is 17.6. The van der Waals surface area contributed by atoms with E-state index < -0.39 is 25.5 Å². The van der Waals surface area contributed by atoms with Crippen molar-refractivity contribution in [3.63, 3.8) is 0 Å². The topological polar surface area (TPSA) is 101 Å². The number of hydrogen-bond donors (Lipinski definition) is 1. The van der Waals surface area contributed by atoms with Gasteiger partial charge in [-0.3, -0.25) is 9.52 Å². The van der Waals surface area contributed by atoms with E-state index in [1.165, 1.54) is 28.6 Å². The van der Waals surface area contributed by atoms with Gasteiger partial charge in [0.05, 0.1) is 16.1 Å². The number of piperidine rings is 1. The number of nitrogens with zero attached hydrogens (tertiary/aromatic N) is 1. The van der Waals surface area contributed by atoms with Crippen molar-refractivity contribution in [3.05, 3.63) is 24.3 Å². The SMILES string of the molecule is CC1(C)[C@@H]2CC[C@]1(CS(=O)(=O)Nc1ccc(S(=O)(=O)N3CCCCC3)cc1)C(=O)C2. The normalized spacial score (nSPS) is 29.3. The Labute approximate surface area is 179 Å². The first-order valence-corrected chi connectivity index (χ1v) is 13.7. The van der Waals surface area contributed by atoms with Gasteiger partial charge in [-0.1, -0.05) is 20.3 Å². The van der Waals surface area contributed by atoms with E-state index in [9.17, 15) is 21.6 Å². The van der Waals surface area contributed by atoms with Crippen LogP contribution in [-0.4, -0.2) is 45.8 Å². The number of carbonyl (C=O) groups is 1. The van der Waals surface area contributed by atoms with E-state index in [0.717, 1.165) is 25.7 Å². The first-order chi connectivity index (χ1) is 14.0. The minimum Gasteiger partial charge on any atom is -0.299 e. The molecule has 3 fully saturated rings. The number of ketones is 1. The van der Waals surface area contributed by atoms with E-state index in [1.807, 2.05) is 13.8 Å². The number of nitrogens with one attached hydrogen (secondary N) is 1. The van der Waals surface area contributed by atoms with Crippen LogP contribution in [0.1, 0.15) is 52.4 Å². The summed E-state index contributed by atoms with van der Waals surface area (Å²) in [6.07, 6.45) is 4.71. The second kappa shape index (κ2) is 7.31. The average molecular weight is 455 g/mol. The van der Waals surface area contributed by atoms with Gasteiger partial charge in [-0.15, -0.1) is 0 Å². The Morgan fingerprint density at radius 1 is 1.03 bits per heavy atom. The lowest BCUT2D eigenvalue weighted by Gasteiger charge is -2.36. The maximum Gasteiger partial charge on any atom is 0.243 e. The fourth-order valence-electron chi connectivity index (χ4n) is 5.60.